The fourth-order valence-electron chi connectivity index (χ4n) is 7.44. The molecule has 0 atom stereocenters. The minimum atomic E-state index is -0.409. The van der Waals surface area contributed by atoms with Crippen LogP contribution >= 0.6 is 11.8 Å². The van der Waals surface area contributed by atoms with Crippen LogP contribution in [0.3, 0.4) is 0 Å². The maximum atomic E-state index is 12.8. The van der Waals surface area contributed by atoms with Crippen LogP contribution in [0, 0.1) is 10.1 Å². The number of non-ortho nitro benzene ring substituents is 1. The summed E-state index contributed by atoms with van der Waals surface area (Å²) in [7, 11) is 0. The molecule has 2 aromatic heterocycles. The Labute approximate surface area is 391 Å². The van der Waals surface area contributed by atoms with Crippen LogP contribution < -0.4 is 20.9 Å². The van der Waals surface area contributed by atoms with E-state index >= 15 is 0 Å². The predicted octanol–water partition coefficient (Wildman–Crippen LogP) is 10.7. The lowest BCUT2D eigenvalue weighted by molar-refractivity contribution is -0.383. The number of nitrogens with one attached hydrogen (secondary N) is 3. The van der Waals surface area contributed by atoms with E-state index < -0.39 is 4.92 Å². The SMILES string of the molecule is CCN(CCC(=O)NCCS/C=C/C(=O)c1ccc(C(=O)NCCCCCC(=O)Nc2cc3cccnc3c3ncccc23)cc1)c1ccc(N=Nc2ccc([N+](=O)[O-])c3ccccc23)cc1. The summed E-state index contributed by atoms with van der Waals surface area (Å²) in [5, 5.41) is 33.6. The van der Waals surface area contributed by atoms with E-state index in [0.717, 1.165) is 40.3 Å². The molecule has 3 N–H and O–H groups in total. The van der Waals surface area contributed by atoms with Crippen molar-refractivity contribution in [3.8, 4) is 0 Å². The van der Waals surface area contributed by atoms with E-state index in [1.807, 2.05) is 61.5 Å². The number of amides is 3. The zero-order valence-electron chi connectivity index (χ0n) is 36.9. The van der Waals surface area contributed by atoms with Crippen molar-refractivity contribution in [3.63, 3.8) is 0 Å². The molecule has 0 aliphatic carbocycles. The highest BCUT2D eigenvalue weighted by Gasteiger charge is 2.15. The van der Waals surface area contributed by atoms with Gasteiger partial charge in [0.05, 0.1) is 38.4 Å². The van der Waals surface area contributed by atoms with Gasteiger partial charge in [-0.1, -0.05) is 42.8 Å². The summed E-state index contributed by atoms with van der Waals surface area (Å²) in [6.45, 7) is 4.14. The topological polar surface area (TPSA) is 201 Å². The number of allylic oxidation sites excluding steroid dienone is 1. The lowest BCUT2D eigenvalue weighted by atomic mass is 10.1. The van der Waals surface area contributed by atoms with Crippen molar-refractivity contribution in [3.05, 3.63) is 160 Å². The minimum Gasteiger partial charge on any atom is -0.371 e. The largest absolute Gasteiger partial charge is 0.371 e. The molecule has 0 radical (unpaired) electrons. The molecule has 67 heavy (non-hydrogen) atoms. The van der Waals surface area contributed by atoms with Gasteiger partial charge in [-0.15, -0.1) is 16.9 Å². The van der Waals surface area contributed by atoms with Crippen molar-refractivity contribution in [1.29, 1.82) is 0 Å². The highest BCUT2D eigenvalue weighted by atomic mass is 32.2. The van der Waals surface area contributed by atoms with Crippen LogP contribution in [0.4, 0.5) is 28.4 Å². The summed E-state index contributed by atoms with van der Waals surface area (Å²) in [5.41, 5.74) is 5.26. The summed E-state index contributed by atoms with van der Waals surface area (Å²) in [6.07, 6.45) is 7.73. The average molecular weight is 916 g/mol. The van der Waals surface area contributed by atoms with E-state index in [4.69, 9.17) is 0 Å². The first-order chi connectivity index (χ1) is 32.7. The number of azo groups is 1. The van der Waals surface area contributed by atoms with Crippen LogP contribution in [0.5, 0.6) is 0 Å². The van der Waals surface area contributed by atoms with Crippen molar-refractivity contribution < 1.29 is 24.1 Å². The smallest absolute Gasteiger partial charge is 0.277 e. The lowest BCUT2D eigenvalue weighted by Crippen LogP contribution is -2.31. The first-order valence-corrected chi connectivity index (χ1v) is 23.1. The number of nitro benzene ring substituents is 1. The normalized spacial score (nSPS) is 11.4. The van der Waals surface area contributed by atoms with Crippen molar-refractivity contribution in [2.24, 2.45) is 10.2 Å². The van der Waals surface area contributed by atoms with Gasteiger partial charge >= 0.3 is 0 Å². The molecule has 3 amide bonds. The zero-order valence-corrected chi connectivity index (χ0v) is 37.7. The van der Waals surface area contributed by atoms with Gasteiger partial charge in [-0.25, -0.2) is 0 Å². The minimum absolute atomic E-state index is 0.0171. The molecular formula is C51H49N9O6S. The van der Waals surface area contributed by atoms with Gasteiger partial charge in [-0.3, -0.25) is 39.3 Å². The van der Waals surface area contributed by atoms with Crippen LogP contribution in [-0.2, 0) is 9.59 Å². The Kier molecular flexibility index (Phi) is 16.4. The monoisotopic (exact) mass is 915 g/mol. The number of nitro groups is 1. The number of aromatic nitrogens is 2. The van der Waals surface area contributed by atoms with Gasteiger partial charge in [0.15, 0.2) is 5.78 Å². The van der Waals surface area contributed by atoms with Crippen LogP contribution in [0.25, 0.3) is 32.6 Å². The number of unbranched alkanes of at least 4 members (excludes halogenated alkanes) is 2. The number of carbonyl (C=O) groups is 4. The van der Waals surface area contributed by atoms with E-state index in [-0.39, 0.29) is 29.2 Å². The maximum absolute atomic E-state index is 12.8. The third-order valence-electron chi connectivity index (χ3n) is 10.9. The van der Waals surface area contributed by atoms with Gasteiger partial charge in [0, 0.05) is 96.2 Å². The predicted molar refractivity (Wildman–Crippen MR) is 266 cm³/mol. The van der Waals surface area contributed by atoms with Crippen LogP contribution in [0.1, 0.15) is 59.7 Å². The molecule has 7 rings (SSSR count). The number of nitrogens with zero attached hydrogens (tertiary/aromatic N) is 6. The number of rotatable bonds is 22. The highest BCUT2D eigenvalue weighted by Crippen LogP contribution is 2.34. The third kappa shape index (κ3) is 12.7. The number of pyridine rings is 2. The molecule has 2 heterocycles. The summed E-state index contributed by atoms with van der Waals surface area (Å²) in [6, 6.07) is 33.6. The molecule has 16 heteroatoms. The van der Waals surface area contributed by atoms with Crippen molar-refractivity contribution in [2.75, 3.05) is 42.1 Å². The first kappa shape index (κ1) is 47.1. The van der Waals surface area contributed by atoms with Crippen molar-refractivity contribution in [2.45, 2.75) is 39.0 Å². The van der Waals surface area contributed by atoms with Gasteiger partial charge in [-0.05, 0) is 104 Å². The Morgan fingerprint density at radius 2 is 1.46 bits per heavy atom. The van der Waals surface area contributed by atoms with Crippen LogP contribution in [0.2, 0.25) is 0 Å². The molecule has 7 aromatic rings. The second-order valence-electron chi connectivity index (χ2n) is 15.4. The molecule has 5 aromatic carbocycles. The fourth-order valence-corrected chi connectivity index (χ4v) is 8.02. The number of anilines is 2. The van der Waals surface area contributed by atoms with Gasteiger partial charge in [0.25, 0.3) is 11.6 Å². The summed E-state index contributed by atoms with van der Waals surface area (Å²) in [4.78, 5) is 73.0. The van der Waals surface area contributed by atoms with Crippen molar-refractivity contribution >= 4 is 96.3 Å². The fraction of sp³-hybridized carbons (Fsp3) is 0.216. The quantitative estimate of drug-likeness (QED) is 0.0112. The number of carbonyl (C=O) groups excluding carboxylic acids is 4. The van der Waals surface area contributed by atoms with E-state index in [2.05, 4.69) is 41.0 Å². The first-order valence-electron chi connectivity index (χ1n) is 22.0. The number of thioether (sulfide) groups is 1. The van der Waals surface area contributed by atoms with Crippen molar-refractivity contribution in [1.82, 2.24) is 20.6 Å². The van der Waals surface area contributed by atoms with Gasteiger partial charge in [-0.2, -0.15) is 5.11 Å². The number of ketones is 1. The van der Waals surface area contributed by atoms with Gasteiger partial charge in [0.2, 0.25) is 11.8 Å². The molecule has 0 saturated heterocycles. The van der Waals surface area contributed by atoms with Crippen LogP contribution in [-0.4, -0.2) is 70.3 Å². The number of hydrogen-bond donors (Lipinski definition) is 3. The molecule has 0 spiro atoms. The van der Waals surface area contributed by atoms with E-state index in [1.54, 1.807) is 72.4 Å². The molecule has 0 aliphatic heterocycles. The molecule has 0 saturated carbocycles. The summed E-state index contributed by atoms with van der Waals surface area (Å²) in [5.74, 6) is 0.00331. The zero-order chi connectivity index (χ0) is 47.0. The molecule has 0 unspecified atom stereocenters. The van der Waals surface area contributed by atoms with Gasteiger partial charge < -0.3 is 20.9 Å². The molecule has 340 valence electrons. The van der Waals surface area contributed by atoms with Gasteiger partial charge in [0.1, 0.15) is 0 Å². The second kappa shape index (κ2) is 23.4. The molecule has 0 aliphatic rings. The molecular weight excluding hydrogens is 867 g/mol. The maximum Gasteiger partial charge on any atom is 0.277 e. The summed E-state index contributed by atoms with van der Waals surface area (Å²) >= 11 is 1.41. The Morgan fingerprint density at radius 3 is 2.24 bits per heavy atom. The van der Waals surface area contributed by atoms with E-state index in [1.165, 1.54) is 23.9 Å². The van der Waals surface area contributed by atoms with Crippen LogP contribution in [0.15, 0.2) is 149 Å². The number of benzene rings is 5. The highest BCUT2D eigenvalue weighted by molar-refractivity contribution is 8.02. The Bertz CT molecular complexity index is 2960. The second-order valence-corrected chi connectivity index (χ2v) is 16.4. The molecule has 15 nitrogen and oxygen atoms in total. The molecule has 0 bridgehead atoms. The third-order valence-corrected chi connectivity index (χ3v) is 11.7. The van der Waals surface area contributed by atoms with E-state index in [9.17, 15) is 29.3 Å². The summed E-state index contributed by atoms with van der Waals surface area (Å²) < 4.78 is 0. The Morgan fingerprint density at radius 1 is 0.731 bits per heavy atom. The number of fused-ring (bicyclic) bond motifs is 4. The number of hydrogen-bond acceptors (Lipinski definition) is 12. The molecule has 0 fully saturated rings. The lowest BCUT2D eigenvalue weighted by Gasteiger charge is -2.22. The Balaban J connectivity index is 0.750. The van der Waals surface area contributed by atoms with E-state index in [0.29, 0.717) is 90.2 Å². The average Bonchev–Trinajstić information content (AvgIpc) is 3.35. The Hall–Kier alpha value is -7.85. The standard InChI is InChI=1S/C51H49N9O6S/c1-2-59(39-21-19-38(20-22-39)57-58-43-23-24-45(60(65)66)41-12-6-5-11-40(41)43)31-25-47(62)52-30-33-67-32-26-46(61)35-15-17-36(18-16-35)51(64)55-27-7-3-4-14-48(63)56-44-34-37-10-8-28-53-49(37)50-42(44)13-9-29-54-50/h5-6,8-13,15-24,26,28-29,32,34H,2-4,7,14,25,27,30-31,33H2,1H3,(H,52,62)(H,55,64)(H,56,63)/b32-26+,58-57?.